The molecule has 1 fully saturated rings. The van der Waals surface area contributed by atoms with E-state index in [1.165, 1.54) is 18.2 Å². The summed E-state index contributed by atoms with van der Waals surface area (Å²) < 4.78 is 28.2. The van der Waals surface area contributed by atoms with Crippen molar-refractivity contribution >= 4 is 23.4 Å². The quantitative estimate of drug-likeness (QED) is 0.375. The van der Waals surface area contributed by atoms with Crippen molar-refractivity contribution in [2.24, 2.45) is 11.7 Å². The van der Waals surface area contributed by atoms with E-state index in [4.69, 9.17) is 11.1 Å². The Morgan fingerprint density at radius 2 is 1.97 bits per heavy atom. The van der Waals surface area contributed by atoms with Crippen LogP contribution in [-0.2, 0) is 0 Å². The molecule has 0 aliphatic heterocycles. The van der Waals surface area contributed by atoms with Crippen molar-refractivity contribution in [3.05, 3.63) is 76.9 Å². The molecule has 0 amide bonds. The number of aryl methyl sites for hydroxylation is 1. The summed E-state index contributed by atoms with van der Waals surface area (Å²) in [6.07, 6.45) is 11.1. The number of imidazole rings is 1. The van der Waals surface area contributed by atoms with Crippen LogP contribution in [0.2, 0.25) is 0 Å². The lowest BCUT2D eigenvalue weighted by atomic mass is 9.76. The average Bonchev–Trinajstić information content (AvgIpc) is 3.18. The Labute approximate surface area is 191 Å². The minimum atomic E-state index is -0.755. The number of nitrogens with two attached hydrogens (primary N) is 1. The Balaban J connectivity index is 1.49. The summed E-state index contributed by atoms with van der Waals surface area (Å²) in [5.41, 5.74) is 8.73. The first-order chi connectivity index (χ1) is 15.8. The van der Waals surface area contributed by atoms with Crippen molar-refractivity contribution in [1.82, 2.24) is 15.0 Å². The molecule has 8 heteroatoms. The number of aromatic amines is 1. The molecule has 1 aliphatic rings. The molecule has 2 heterocycles. The normalized spacial score (nSPS) is 20.8. The molecule has 4 rings (SSSR count). The molecule has 0 saturated heterocycles. The van der Waals surface area contributed by atoms with Crippen LogP contribution in [-0.4, -0.2) is 26.7 Å². The second-order valence-corrected chi connectivity index (χ2v) is 8.89. The van der Waals surface area contributed by atoms with Crippen LogP contribution in [0, 0.1) is 29.9 Å². The van der Waals surface area contributed by atoms with Gasteiger partial charge in [-0.25, -0.2) is 13.8 Å². The highest BCUT2D eigenvalue weighted by Gasteiger charge is 2.27. The Hall–Kier alpha value is -3.39. The first-order valence-corrected chi connectivity index (χ1v) is 11.0. The van der Waals surface area contributed by atoms with Gasteiger partial charge in [0.15, 0.2) is 0 Å². The number of H-pyrrole nitrogens is 1. The van der Waals surface area contributed by atoms with Gasteiger partial charge < -0.3 is 21.4 Å². The zero-order chi connectivity index (χ0) is 23.5. The van der Waals surface area contributed by atoms with Gasteiger partial charge in [0.05, 0.1) is 35.1 Å². The summed E-state index contributed by atoms with van der Waals surface area (Å²) >= 11 is 0. The van der Waals surface area contributed by atoms with Crippen LogP contribution >= 0.6 is 0 Å². The molecule has 1 aromatic carbocycles. The molecule has 6 nitrogen and oxygen atoms in total. The molecule has 5 N–H and O–H groups in total. The highest BCUT2D eigenvalue weighted by atomic mass is 19.1. The van der Waals surface area contributed by atoms with E-state index in [1.54, 1.807) is 31.6 Å². The molecular formula is C25H28F2N6. The minimum absolute atomic E-state index is 0.193. The molecule has 172 valence electrons. The topological polar surface area (TPSA) is 103 Å². The predicted octanol–water partition coefficient (Wildman–Crippen LogP) is 5.45. The van der Waals surface area contributed by atoms with Gasteiger partial charge in [0.25, 0.3) is 0 Å². The number of halogens is 2. The molecule has 3 aromatic rings. The van der Waals surface area contributed by atoms with Crippen LogP contribution in [0.4, 0.5) is 20.4 Å². The molecule has 1 saturated carbocycles. The highest BCUT2D eigenvalue weighted by Crippen LogP contribution is 2.38. The van der Waals surface area contributed by atoms with Gasteiger partial charge in [0.1, 0.15) is 11.6 Å². The highest BCUT2D eigenvalue weighted by molar-refractivity contribution is 6.09. The van der Waals surface area contributed by atoms with Gasteiger partial charge in [-0.1, -0.05) is 6.92 Å². The van der Waals surface area contributed by atoms with Crippen LogP contribution in [0.25, 0.3) is 6.08 Å². The standard InChI is InChI=1S/C25H28F2N6/c1-14-7-16(11-17(28)8-14)19-5-6-30-13-23(19)33-25-31-12-18(32-25)3-4-22(29)24-20(26)9-15(2)10-21(24)27/h3-6,9-10,12-14,16-17,29H,7-8,11,28H2,1-2H3,(H2,31,32,33)/b4-3-,29-22?. The fraction of sp³-hybridized carbons (Fsp3) is 0.320. The van der Waals surface area contributed by atoms with E-state index in [2.05, 4.69) is 27.2 Å². The maximum Gasteiger partial charge on any atom is 0.205 e. The molecule has 3 atom stereocenters. The van der Waals surface area contributed by atoms with Crippen molar-refractivity contribution in [3.63, 3.8) is 0 Å². The third kappa shape index (κ3) is 5.34. The fourth-order valence-electron chi connectivity index (χ4n) is 4.60. The SMILES string of the molecule is Cc1cc(F)c(C(=N)/C=C\c2cnc(Nc3cnccc3C3CC(C)CC(N)C3)[nH]2)c(F)c1. The molecule has 0 bridgehead atoms. The van der Waals surface area contributed by atoms with E-state index in [-0.39, 0.29) is 17.3 Å². The zero-order valence-corrected chi connectivity index (χ0v) is 18.7. The number of anilines is 2. The van der Waals surface area contributed by atoms with Crippen molar-refractivity contribution in [1.29, 1.82) is 5.41 Å². The summed E-state index contributed by atoms with van der Waals surface area (Å²) in [4.78, 5) is 11.7. The van der Waals surface area contributed by atoms with Gasteiger partial charge >= 0.3 is 0 Å². The minimum Gasteiger partial charge on any atom is -0.328 e. The van der Waals surface area contributed by atoms with Crippen molar-refractivity contribution in [3.8, 4) is 0 Å². The summed E-state index contributed by atoms with van der Waals surface area (Å²) in [6, 6.07) is 4.64. The van der Waals surface area contributed by atoms with Gasteiger partial charge in [-0.3, -0.25) is 4.98 Å². The van der Waals surface area contributed by atoms with Gasteiger partial charge in [-0.2, -0.15) is 0 Å². The smallest absolute Gasteiger partial charge is 0.205 e. The summed E-state index contributed by atoms with van der Waals surface area (Å²) in [5, 5.41) is 11.3. The number of hydrogen-bond donors (Lipinski definition) is 4. The third-order valence-electron chi connectivity index (χ3n) is 6.01. The predicted molar refractivity (Wildman–Crippen MR) is 127 cm³/mol. The van der Waals surface area contributed by atoms with Crippen LogP contribution < -0.4 is 11.1 Å². The van der Waals surface area contributed by atoms with E-state index in [0.717, 1.165) is 30.5 Å². The maximum atomic E-state index is 14.1. The lowest BCUT2D eigenvalue weighted by Crippen LogP contribution is -2.31. The Morgan fingerprint density at radius 1 is 1.21 bits per heavy atom. The van der Waals surface area contributed by atoms with Gasteiger partial charge in [-0.05, 0) is 79.5 Å². The van der Waals surface area contributed by atoms with Crippen molar-refractivity contribution < 1.29 is 8.78 Å². The van der Waals surface area contributed by atoms with Crippen LogP contribution in [0.5, 0.6) is 0 Å². The maximum absolute atomic E-state index is 14.1. The summed E-state index contributed by atoms with van der Waals surface area (Å²) in [5.74, 6) is -0.0804. The zero-order valence-electron chi connectivity index (χ0n) is 18.7. The van der Waals surface area contributed by atoms with E-state index in [9.17, 15) is 8.78 Å². The second-order valence-electron chi connectivity index (χ2n) is 8.89. The largest absolute Gasteiger partial charge is 0.328 e. The molecular weight excluding hydrogens is 422 g/mol. The molecule has 3 unspecified atom stereocenters. The van der Waals surface area contributed by atoms with Gasteiger partial charge in [0.2, 0.25) is 5.95 Å². The number of hydrogen-bond acceptors (Lipinski definition) is 5. The number of benzene rings is 1. The molecule has 0 radical (unpaired) electrons. The first-order valence-electron chi connectivity index (χ1n) is 11.0. The van der Waals surface area contributed by atoms with Gasteiger partial charge in [0, 0.05) is 12.2 Å². The van der Waals surface area contributed by atoms with Crippen molar-refractivity contribution in [2.45, 2.75) is 45.1 Å². The monoisotopic (exact) mass is 450 g/mol. The lowest BCUT2D eigenvalue weighted by Gasteiger charge is -2.32. The molecule has 2 aromatic heterocycles. The number of nitrogens with one attached hydrogen (secondary N) is 3. The number of aromatic nitrogens is 3. The molecule has 33 heavy (non-hydrogen) atoms. The number of nitrogens with zero attached hydrogens (tertiary/aromatic N) is 2. The van der Waals surface area contributed by atoms with E-state index >= 15 is 0 Å². The molecule has 0 spiro atoms. The van der Waals surface area contributed by atoms with Crippen LogP contribution in [0.3, 0.4) is 0 Å². The number of pyridine rings is 1. The summed E-state index contributed by atoms with van der Waals surface area (Å²) in [7, 11) is 0. The van der Waals surface area contributed by atoms with E-state index in [0.29, 0.717) is 29.0 Å². The van der Waals surface area contributed by atoms with Crippen LogP contribution in [0.1, 0.15) is 54.5 Å². The third-order valence-corrected chi connectivity index (χ3v) is 6.01. The van der Waals surface area contributed by atoms with Crippen LogP contribution in [0.15, 0.2) is 42.9 Å². The first kappa shape index (κ1) is 22.8. The van der Waals surface area contributed by atoms with Gasteiger partial charge in [-0.15, -0.1) is 0 Å². The lowest BCUT2D eigenvalue weighted by molar-refractivity contribution is 0.308. The Morgan fingerprint density at radius 3 is 2.70 bits per heavy atom. The number of rotatable bonds is 6. The number of allylic oxidation sites excluding steroid dienone is 1. The fourth-order valence-corrected chi connectivity index (χ4v) is 4.60. The summed E-state index contributed by atoms with van der Waals surface area (Å²) in [6.45, 7) is 3.84. The Kier molecular flexibility index (Phi) is 6.65. The van der Waals surface area contributed by atoms with Crippen molar-refractivity contribution in [2.75, 3.05) is 5.32 Å². The van der Waals surface area contributed by atoms with E-state index < -0.39 is 11.6 Å². The van der Waals surface area contributed by atoms with E-state index in [1.807, 2.05) is 6.07 Å². The molecule has 1 aliphatic carbocycles. The Bertz CT molecular complexity index is 1150. The second kappa shape index (κ2) is 9.62. The average molecular weight is 451 g/mol.